The van der Waals surface area contributed by atoms with Gasteiger partial charge in [0.05, 0.1) is 18.0 Å². The summed E-state index contributed by atoms with van der Waals surface area (Å²) in [5, 5.41) is 13.4. The Morgan fingerprint density at radius 3 is 2.43 bits per heavy atom. The molecule has 1 amide bonds. The molecule has 0 aliphatic rings. The fourth-order valence-corrected chi connectivity index (χ4v) is 2.00. The molecule has 0 heterocycles. The maximum Gasteiger partial charge on any atom is 0.269 e. The zero-order valence-corrected chi connectivity index (χ0v) is 12.6. The molecular formula is C17H18N2O4. The van der Waals surface area contributed by atoms with Crippen molar-refractivity contribution in [2.45, 2.75) is 12.8 Å². The quantitative estimate of drug-likeness (QED) is 0.600. The molecule has 0 bridgehead atoms. The van der Waals surface area contributed by atoms with Gasteiger partial charge in [-0.1, -0.05) is 30.3 Å². The van der Waals surface area contributed by atoms with Gasteiger partial charge in [-0.05, 0) is 24.1 Å². The number of hydrogen-bond acceptors (Lipinski definition) is 4. The van der Waals surface area contributed by atoms with Gasteiger partial charge in [0, 0.05) is 18.7 Å². The fraction of sp³-hybridized carbons (Fsp3) is 0.235. The van der Waals surface area contributed by atoms with E-state index < -0.39 is 4.92 Å². The van der Waals surface area contributed by atoms with Gasteiger partial charge in [-0.2, -0.15) is 0 Å². The normalized spacial score (nSPS) is 10.1. The molecule has 1 N–H and O–H groups in total. The maximum atomic E-state index is 11.7. The van der Waals surface area contributed by atoms with Gasteiger partial charge in [-0.15, -0.1) is 0 Å². The van der Waals surface area contributed by atoms with Crippen molar-refractivity contribution in [2.24, 2.45) is 0 Å². The van der Waals surface area contributed by atoms with Crippen molar-refractivity contribution in [3.63, 3.8) is 0 Å². The van der Waals surface area contributed by atoms with Gasteiger partial charge in [-0.25, -0.2) is 0 Å². The summed E-state index contributed by atoms with van der Waals surface area (Å²) in [6.07, 6.45) is 0.915. The van der Waals surface area contributed by atoms with Crippen molar-refractivity contribution < 1.29 is 14.5 Å². The van der Waals surface area contributed by atoms with Crippen LogP contribution in [0.25, 0.3) is 0 Å². The average molecular weight is 314 g/mol. The van der Waals surface area contributed by atoms with Crippen LogP contribution in [0.15, 0.2) is 54.6 Å². The standard InChI is InChI=1S/C17H18N2O4/c20-17(11-13-23-16-4-2-1-3-5-16)18-12-10-14-6-8-15(9-7-14)19(21)22/h1-9H,10-13H2,(H,18,20). The first-order valence-corrected chi connectivity index (χ1v) is 7.33. The summed E-state index contributed by atoms with van der Waals surface area (Å²) in [7, 11) is 0. The van der Waals surface area contributed by atoms with Gasteiger partial charge >= 0.3 is 0 Å². The van der Waals surface area contributed by atoms with E-state index in [0.717, 1.165) is 11.3 Å². The van der Waals surface area contributed by atoms with Crippen molar-refractivity contribution in [3.8, 4) is 5.75 Å². The van der Waals surface area contributed by atoms with Gasteiger partial charge in [0.15, 0.2) is 0 Å². The van der Waals surface area contributed by atoms with Crippen LogP contribution >= 0.6 is 0 Å². The highest BCUT2D eigenvalue weighted by Gasteiger charge is 2.05. The number of nitrogens with one attached hydrogen (secondary N) is 1. The first kappa shape index (κ1) is 16.5. The van der Waals surface area contributed by atoms with Gasteiger partial charge in [0.1, 0.15) is 5.75 Å². The lowest BCUT2D eigenvalue weighted by Gasteiger charge is -2.07. The molecule has 0 unspecified atom stereocenters. The second-order valence-corrected chi connectivity index (χ2v) is 4.94. The SMILES string of the molecule is O=C(CCOc1ccccc1)NCCc1ccc([N+](=O)[O-])cc1. The zero-order chi connectivity index (χ0) is 16.5. The molecule has 120 valence electrons. The number of nitrogens with zero attached hydrogens (tertiary/aromatic N) is 1. The summed E-state index contributed by atoms with van der Waals surface area (Å²) < 4.78 is 5.45. The third-order valence-electron chi connectivity index (χ3n) is 3.22. The molecule has 6 heteroatoms. The summed E-state index contributed by atoms with van der Waals surface area (Å²) in [6.45, 7) is 0.815. The van der Waals surface area contributed by atoms with Crippen LogP contribution in [0.4, 0.5) is 5.69 Å². The molecular weight excluding hydrogens is 296 g/mol. The van der Waals surface area contributed by atoms with Crippen LogP contribution in [-0.4, -0.2) is 24.0 Å². The molecule has 0 aliphatic carbocycles. The number of benzene rings is 2. The fourth-order valence-electron chi connectivity index (χ4n) is 2.00. The predicted octanol–water partition coefficient (Wildman–Crippen LogP) is 2.72. The number of non-ortho nitro benzene ring substituents is 1. The highest BCUT2D eigenvalue weighted by atomic mass is 16.6. The van der Waals surface area contributed by atoms with E-state index in [2.05, 4.69) is 5.32 Å². The molecule has 2 aromatic rings. The van der Waals surface area contributed by atoms with Crippen LogP contribution in [0.3, 0.4) is 0 Å². The molecule has 2 aromatic carbocycles. The Morgan fingerprint density at radius 2 is 1.78 bits per heavy atom. The molecule has 0 saturated heterocycles. The van der Waals surface area contributed by atoms with Crippen LogP contribution in [0, 0.1) is 10.1 Å². The number of hydrogen-bond donors (Lipinski definition) is 1. The summed E-state index contributed by atoms with van der Waals surface area (Å²) in [4.78, 5) is 21.8. The Bertz CT molecular complexity index is 641. The van der Waals surface area contributed by atoms with Crippen molar-refractivity contribution >= 4 is 11.6 Å². The lowest BCUT2D eigenvalue weighted by Crippen LogP contribution is -2.27. The van der Waals surface area contributed by atoms with Crippen LogP contribution in [-0.2, 0) is 11.2 Å². The van der Waals surface area contributed by atoms with Crippen LogP contribution in [0.1, 0.15) is 12.0 Å². The number of ether oxygens (including phenoxy) is 1. The summed E-state index contributed by atoms with van der Waals surface area (Å²) in [6, 6.07) is 15.7. The number of carbonyl (C=O) groups is 1. The highest BCUT2D eigenvalue weighted by molar-refractivity contribution is 5.75. The second kappa shape index (κ2) is 8.53. The second-order valence-electron chi connectivity index (χ2n) is 4.94. The van der Waals surface area contributed by atoms with E-state index in [1.165, 1.54) is 12.1 Å². The third kappa shape index (κ3) is 5.78. The number of nitro groups is 1. The topological polar surface area (TPSA) is 81.5 Å². The van der Waals surface area contributed by atoms with E-state index in [1.54, 1.807) is 12.1 Å². The Hall–Kier alpha value is -2.89. The number of carbonyl (C=O) groups excluding carboxylic acids is 1. The summed E-state index contributed by atoms with van der Waals surface area (Å²) in [5.41, 5.74) is 1.01. The Kier molecular flexibility index (Phi) is 6.11. The first-order valence-electron chi connectivity index (χ1n) is 7.33. The molecule has 0 fully saturated rings. The first-order chi connectivity index (χ1) is 11.1. The van der Waals surface area contributed by atoms with E-state index in [0.29, 0.717) is 19.6 Å². The number of amides is 1. The van der Waals surface area contributed by atoms with Gasteiger partial charge in [0.25, 0.3) is 5.69 Å². The molecule has 0 atom stereocenters. The van der Waals surface area contributed by atoms with Crippen LogP contribution < -0.4 is 10.1 Å². The minimum absolute atomic E-state index is 0.0656. The minimum Gasteiger partial charge on any atom is -0.493 e. The van der Waals surface area contributed by atoms with E-state index in [-0.39, 0.29) is 18.0 Å². The molecule has 0 spiro atoms. The van der Waals surface area contributed by atoms with Gasteiger partial charge < -0.3 is 10.1 Å². The molecule has 0 radical (unpaired) electrons. The highest BCUT2D eigenvalue weighted by Crippen LogP contribution is 2.12. The van der Waals surface area contributed by atoms with Crippen molar-refractivity contribution in [3.05, 3.63) is 70.3 Å². The summed E-state index contributed by atoms with van der Waals surface area (Å²) >= 11 is 0. The minimum atomic E-state index is -0.432. The van der Waals surface area contributed by atoms with Crippen LogP contribution in [0.5, 0.6) is 5.75 Å². The molecule has 2 rings (SSSR count). The van der Waals surface area contributed by atoms with E-state index in [4.69, 9.17) is 4.74 Å². The van der Waals surface area contributed by atoms with E-state index in [9.17, 15) is 14.9 Å². The average Bonchev–Trinajstić information content (AvgIpc) is 2.56. The number of nitro benzene ring substituents is 1. The number of rotatable bonds is 8. The van der Waals surface area contributed by atoms with Crippen molar-refractivity contribution in [2.75, 3.05) is 13.2 Å². The smallest absolute Gasteiger partial charge is 0.269 e. The molecule has 0 aliphatic heterocycles. The maximum absolute atomic E-state index is 11.7. The van der Waals surface area contributed by atoms with Crippen molar-refractivity contribution in [1.82, 2.24) is 5.32 Å². The largest absolute Gasteiger partial charge is 0.493 e. The van der Waals surface area contributed by atoms with Crippen LogP contribution in [0.2, 0.25) is 0 Å². The zero-order valence-electron chi connectivity index (χ0n) is 12.6. The number of para-hydroxylation sites is 1. The predicted molar refractivity (Wildman–Crippen MR) is 86.4 cm³/mol. The van der Waals surface area contributed by atoms with Gasteiger partial charge in [0.2, 0.25) is 5.91 Å². The molecule has 0 aromatic heterocycles. The Labute approximate surface area is 134 Å². The summed E-state index contributed by atoms with van der Waals surface area (Å²) in [5.74, 6) is 0.661. The lowest BCUT2D eigenvalue weighted by atomic mass is 10.1. The van der Waals surface area contributed by atoms with E-state index in [1.807, 2.05) is 30.3 Å². The monoisotopic (exact) mass is 314 g/mol. The Morgan fingerprint density at radius 1 is 1.09 bits per heavy atom. The molecule has 0 saturated carbocycles. The third-order valence-corrected chi connectivity index (χ3v) is 3.22. The Balaban J connectivity index is 1.63. The van der Waals surface area contributed by atoms with Gasteiger partial charge in [-0.3, -0.25) is 14.9 Å². The van der Waals surface area contributed by atoms with E-state index >= 15 is 0 Å². The molecule has 23 heavy (non-hydrogen) atoms. The van der Waals surface area contributed by atoms with Crippen molar-refractivity contribution in [1.29, 1.82) is 0 Å². The molecule has 6 nitrogen and oxygen atoms in total. The lowest BCUT2D eigenvalue weighted by molar-refractivity contribution is -0.384.